The van der Waals surface area contributed by atoms with Crippen LogP contribution < -0.4 is 14.2 Å². The van der Waals surface area contributed by atoms with Crippen molar-refractivity contribution >= 4 is 27.5 Å². The number of aliphatic hydroxyl groups excluding tert-OH is 1. The van der Waals surface area contributed by atoms with Crippen molar-refractivity contribution in [3.8, 4) is 11.5 Å². The Bertz CT molecular complexity index is 1050. The summed E-state index contributed by atoms with van der Waals surface area (Å²) < 4.78 is 65.8. The Morgan fingerprint density at radius 2 is 1.66 bits per heavy atom. The van der Waals surface area contributed by atoms with Gasteiger partial charge in [0.05, 0.1) is 24.7 Å². The first kappa shape index (κ1) is 22.0. The average molecular weight is 431 g/mol. The molecule has 0 aromatic heterocycles. The highest BCUT2D eigenvalue weighted by Crippen LogP contribution is 2.41. The zero-order valence-corrected chi connectivity index (χ0v) is 15.8. The number of anilines is 1. The number of rotatable bonds is 8. The number of nitrogens with one attached hydrogen (secondary N) is 1. The summed E-state index contributed by atoms with van der Waals surface area (Å²) in [5.41, 5.74) is -2.33. The van der Waals surface area contributed by atoms with Crippen molar-refractivity contribution in [1.82, 2.24) is 0 Å². The number of halogens is 2. The molecule has 0 aliphatic rings. The molecule has 0 radical (unpaired) electrons. The first-order valence-electron chi connectivity index (χ1n) is 7.72. The van der Waals surface area contributed by atoms with E-state index in [2.05, 4.69) is 0 Å². The zero-order valence-electron chi connectivity index (χ0n) is 15.0. The van der Waals surface area contributed by atoms with Gasteiger partial charge in [0, 0.05) is 0 Å². The fourth-order valence-electron chi connectivity index (χ4n) is 2.44. The van der Waals surface area contributed by atoms with Crippen LogP contribution in [0.5, 0.6) is 11.5 Å². The average Bonchev–Trinajstić information content (AvgIpc) is 2.70. The molecule has 0 saturated carbocycles. The van der Waals surface area contributed by atoms with Gasteiger partial charge < -0.3 is 19.7 Å². The minimum absolute atomic E-state index is 0.368. The van der Waals surface area contributed by atoms with E-state index in [4.69, 9.17) is 19.7 Å². The molecule has 2 rings (SSSR count). The van der Waals surface area contributed by atoms with E-state index < -0.39 is 67.7 Å². The Hall–Kier alpha value is -3.25. The molecule has 9 nitrogen and oxygen atoms in total. The van der Waals surface area contributed by atoms with Crippen LogP contribution in [-0.2, 0) is 10.0 Å². The van der Waals surface area contributed by atoms with Crippen molar-refractivity contribution in [3.05, 3.63) is 47.0 Å². The predicted octanol–water partition coefficient (Wildman–Crippen LogP) is 1.66. The molecule has 0 aliphatic heterocycles. The van der Waals surface area contributed by atoms with Crippen LogP contribution in [0.25, 0.3) is 0 Å². The normalized spacial score (nSPS) is 11.1. The van der Waals surface area contributed by atoms with E-state index >= 15 is 0 Å². The lowest BCUT2D eigenvalue weighted by atomic mass is 10.1. The minimum atomic E-state index is -4.64. The molecule has 0 aliphatic carbocycles. The largest absolute Gasteiger partial charge is 0.493 e. The predicted molar refractivity (Wildman–Crippen MR) is 95.1 cm³/mol. The molecular weight excluding hydrogens is 416 g/mol. The SMILES string of the molecule is COc1c(F)c(NS(=O)(=O)c2cccc(C(=O)O)c2)c(F)c(OC)c1C(=O)CO. The van der Waals surface area contributed by atoms with Gasteiger partial charge in [-0.1, -0.05) is 6.07 Å². The lowest BCUT2D eigenvalue weighted by Crippen LogP contribution is -2.19. The van der Waals surface area contributed by atoms with Crippen molar-refractivity contribution in [2.45, 2.75) is 4.90 Å². The number of carbonyl (C=O) groups excluding carboxylic acids is 1. The maximum absolute atomic E-state index is 14.8. The summed E-state index contributed by atoms with van der Waals surface area (Å²) >= 11 is 0. The van der Waals surface area contributed by atoms with E-state index in [0.29, 0.717) is 0 Å². The second-order valence-electron chi connectivity index (χ2n) is 5.46. The van der Waals surface area contributed by atoms with Gasteiger partial charge in [-0.25, -0.2) is 22.0 Å². The molecule has 2 aromatic carbocycles. The van der Waals surface area contributed by atoms with Crippen molar-refractivity contribution in [1.29, 1.82) is 0 Å². The van der Waals surface area contributed by atoms with Gasteiger partial charge in [0.15, 0.2) is 28.9 Å². The van der Waals surface area contributed by atoms with Crippen molar-refractivity contribution in [3.63, 3.8) is 0 Å². The number of hydrogen-bond acceptors (Lipinski definition) is 7. The zero-order chi connectivity index (χ0) is 21.9. The number of methoxy groups -OCH3 is 2. The number of carbonyl (C=O) groups is 2. The summed E-state index contributed by atoms with van der Waals surface area (Å²) in [7, 11) is -2.76. The summed E-state index contributed by atoms with van der Waals surface area (Å²) in [4.78, 5) is 22.3. The monoisotopic (exact) mass is 431 g/mol. The number of sulfonamides is 1. The van der Waals surface area contributed by atoms with Gasteiger partial charge in [-0.15, -0.1) is 0 Å². The van der Waals surface area contributed by atoms with Crippen LogP contribution in [0.4, 0.5) is 14.5 Å². The smallest absolute Gasteiger partial charge is 0.335 e. The third-order valence-corrected chi connectivity index (χ3v) is 5.10. The highest BCUT2D eigenvalue weighted by atomic mass is 32.2. The third kappa shape index (κ3) is 4.12. The van der Waals surface area contributed by atoms with E-state index in [0.717, 1.165) is 38.5 Å². The van der Waals surface area contributed by atoms with E-state index in [9.17, 15) is 26.8 Å². The van der Waals surface area contributed by atoms with E-state index in [1.165, 1.54) is 0 Å². The second kappa shape index (κ2) is 8.41. The quantitative estimate of drug-likeness (QED) is 0.536. The van der Waals surface area contributed by atoms with Crippen LogP contribution in [0.1, 0.15) is 20.7 Å². The van der Waals surface area contributed by atoms with Gasteiger partial charge in [-0.2, -0.15) is 0 Å². The number of ketones is 1. The molecule has 12 heteroatoms. The maximum atomic E-state index is 14.8. The fraction of sp³-hybridized carbons (Fsp3) is 0.176. The van der Waals surface area contributed by atoms with Crippen molar-refractivity contribution < 1.29 is 46.5 Å². The highest BCUT2D eigenvalue weighted by Gasteiger charge is 2.32. The van der Waals surface area contributed by atoms with Gasteiger partial charge in [0.2, 0.25) is 0 Å². The van der Waals surface area contributed by atoms with Gasteiger partial charge in [0.25, 0.3) is 10.0 Å². The van der Waals surface area contributed by atoms with E-state index in [1.807, 2.05) is 0 Å². The van der Waals surface area contributed by atoms with Crippen LogP contribution in [0.3, 0.4) is 0 Å². The summed E-state index contributed by atoms with van der Waals surface area (Å²) in [5.74, 6) is -7.37. The number of carboxylic acid groups (broad SMARTS) is 1. The number of benzene rings is 2. The summed E-state index contributed by atoms with van der Waals surface area (Å²) in [6, 6.07) is 4.07. The van der Waals surface area contributed by atoms with Crippen molar-refractivity contribution in [2.24, 2.45) is 0 Å². The first-order chi connectivity index (χ1) is 13.6. The molecule has 0 unspecified atom stereocenters. The first-order valence-corrected chi connectivity index (χ1v) is 9.20. The Labute approximate surface area is 163 Å². The summed E-state index contributed by atoms with van der Waals surface area (Å²) in [6.07, 6.45) is 0. The van der Waals surface area contributed by atoms with Crippen LogP contribution in [0.15, 0.2) is 29.2 Å². The molecule has 0 amide bonds. The van der Waals surface area contributed by atoms with Crippen LogP contribution in [0, 0.1) is 11.6 Å². The molecule has 0 saturated heterocycles. The molecule has 0 heterocycles. The molecule has 3 N–H and O–H groups in total. The number of Topliss-reactive ketones (excluding diaryl/α,β-unsaturated/α-hetero) is 1. The van der Waals surface area contributed by atoms with Gasteiger partial charge >= 0.3 is 5.97 Å². The Kier molecular flexibility index (Phi) is 6.39. The molecule has 2 aromatic rings. The number of carboxylic acids is 1. The van der Waals surface area contributed by atoms with Crippen LogP contribution in [0.2, 0.25) is 0 Å². The Morgan fingerprint density at radius 3 is 2.10 bits per heavy atom. The third-order valence-electron chi connectivity index (χ3n) is 3.75. The Balaban J connectivity index is 2.68. The lowest BCUT2D eigenvalue weighted by molar-refractivity contribution is 0.0696. The van der Waals surface area contributed by atoms with Gasteiger partial charge in [-0.05, 0) is 18.2 Å². The van der Waals surface area contributed by atoms with Crippen LogP contribution in [-0.4, -0.2) is 51.2 Å². The topological polar surface area (TPSA) is 139 Å². The fourth-order valence-corrected chi connectivity index (χ4v) is 3.55. The van der Waals surface area contributed by atoms with Gasteiger partial charge in [0.1, 0.15) is 17.9 Å². The second-order valence-corrected chi connectivity index (χ2v) is 7.15. The molecule has 0 atom stereocenters. The van der Waals surface area contributed by atoms with E-state index in [1.54, 1.807) is 4.72 Å². The molecule has 0 fully saturated rings. The van der Waals surface area contributed by atoms with E-state index in [-0.39, 0.29) is 5.56 Å². The summed E-state index contributed by atoms with van der Waals surface area (Å²) in [6.45, 7) is -1.11. The number of aromatic carboxylic acids is 1. The number of hydrogen-bond donors (Lipinski definition) is 3. The standard InChI is InChI=1S/C17H15F2NO8S/c1-27-15-11(10(22)7-21)16(28-2)13(19)14(12(15)18)20-29(25,26)9-5-3-4-8(6-9)17(23)24/h3-6,20-21H,7H2,1-2H3,(H,23,24). The minimum Gasteiger partial charge on any atom is -0.493 e. The molecule has 156 valence electrons. The molecule has 29 heavy (non-hydrogen) atoms. The molecule has 0 bridgehead atoms. The van der Waals surface area contributed by atoms with Crippen LogP contribution >= 0.6 is 0 Å². The number of aliphatic hydroxyl groups is 1. The molecule has 0 spiro atoms. The summed E-state index contributed by atoms with van der Waals surface area (Å²) in [5, 5.41) is 18.0. The highest BCUT2D eigenvalue weighted by molar-refractivity contribution is 7.92. The Morgan fingerprint density at radius 1 is 1.10 bits per heavy atom. The van der Waals surface area contributed by atoms with Crippen molar-refractivity contribution in [2.75, 3.05) is 25.5 Å². The lowest BCUT2D eigenvalue weighted by Gasteiger charge is -2.18. The molecular formula is C17H15F2NO8S. The van der Waals surface area contributed by atoms with Gasteiger partial charge in [-0.3, -0.25) is 9.52 Å². The maximum Gasteiger partial charge on any atom is 0.335 e. The number of ether oxygens (including phenoxy) is 2.